The van der Waals surface area contributed by atoms with E-state index < -0.39 is 0 Å². The molecule has 0 aliphatic rings. The first-order valence-corrected chi connectivity index (χ1v) is 8.73. The molecule has 0 amide bonds. The SMILES string of the molecule is CCCN=C(N)NCCCCCc1nc(-c2ccc(OC)cc2)no1.I. The topological polar surface area (TPSA) is 98.6 Å². The van der Waals surface area contributed by atoms with E-state index in [1.807, 2.05) is 24.3 Å². The van der Waals surface area contributed by atoms with E-state index >= 15 is 0 Å². The minimum absolute atomic E-state index is 0. The summed E-state index contributed by atoms with van der Waals surface area (Å²) in [5.74, 6) is 2.62. The van der Waals surface area contributed by atoms with E-state index in [1.165, 1.54) is 0 Å². The number of aromatic nitrogens is 2. The maximum atomic E-state index is 5.74. The molecule has 1 heterocycles. The van der Waals surface area contributed by atoms with Gasteiger partial charge in [-0.3, -0.25) is 4.99 Å². The number of halogens is 1. The number of guanidine groups is 1. The number of hydrogen-bond acceptors (Lipinski definition) is 5. The molecular formula is C18H28IN5O2. The molecule has 2 aromatic rings. The van der Waals surface area contributed by atoms with Gasteiger partial charge in [0, 0.05) is 25.1 Å². The van der Waals surface area contributed by atoms with Gasteiger partial charge in [-0.2, -0.15) is 4.98 Å². The van der Waals surface area contributed by atoms with Crippen LogP contribution in [0.2, 0.25) is 0 Å². The van der Waals surface area contributed by atoms with Crippen LogP contribution in [-0.4, -0.2) is 36.3 Å². The lowest BCUT2D eigenvalue weighted by Gasteiger charge is -2.04. The highest BCUT2D eigenvalue weighted by Crippen LogP contribution is 2.20. The van der Waals surface area contributed by atoms with Crippen molar-refractivity contribution in [2.45, 2.75) is 39.0 Å². The van der Waals surface area contributed by atoms with Crippen molar-refractivity contribution in [3.05, 3.63) is 30.2 Å². The minimum Gasteiger partial charge on any atom is -0.497 e. The van der Waals surface area contributed by atoms with Crippen molar-refractivity contribution in [1.82, 2.24) is 15.5 Å². The van der Waals surface area contributed by atoms with Crippen LogP contribution in [-0.2, 0) is 6.42 Å². The van der Waals surface area contributed by atoms with Gasteiger partial charge in [-0.1, -0.05) is 18.5 Å². The normalized spacial score (nSPS) is 11.1. The summed E-state index contributed by atoms with van der Waals surface area (Å²) in [6.07, 6.45) is 4.88. The van der Waals surface area contributed by atoms with Gasteiger partial charge in [-0.05, 0) is 43.5 Å². The number of aliphatic imine (C=N–C) groups is 1. The van der Waals surface area contributed by atoms with Crippen LogP contribution in [0.25, 0.3) is 11.4 Å². The number of nitrogens with two attached hydrogens (primary N) is 1. The zero-order valence-corrected chi connectivity index (χ0v) is 17.7. The zero-order chi connectivity index (χ0) is 17.9. The number of unbranched alkanes of at least 4 members (excludes halogenated alkanes) is 2. The van der Waals surface area contributed by atoms with Crippen molar-refractivity contribution >= 4 is 29.9 Å². The summed E-state index contributed by atoms with van der Waals surface area (Å²) in [7, 11) is 1.64. The van der Waals surface area contributed by atoms with E-state index in [1.54, 1.807) is 7.11 Å². The average molecular weight is 473 g/mol. The molecule has 0 aliphatic carbocycles. The Morgan fingerprint density at radius 2 is 2.00 bits per heavy atom. The molecule has 0 aliphatic heterocycles. The van der Waals surface area contributed by atoms with Gasteiger partial charge < -0.3 is 20.3 Å². The average Bonchev–Trinajstić information content (AvgIpc) is 3.11. The Morgan fingerprint density at radius 3 is 2.69 bits per heavy atom. The monoisotopic (exact) mass is 473 g/mol. The fraction of sp³-hybridized carbons (Fsp3) is 0.500. The molecule has 0 bridgehead atoms. The fourth-order valence-corrected chi connectivity index (χ4v) is 2.30. The van der Waals surface area contributed by atoms with Crippen LogP contribution in [0.4, 0.5) is 0 Å². The largest absolute Gasteiger partial charge is 0.497 e. The molecule has 3 N–H and O–H groups in total. The van der Waals surface area contributed by atoms with Crippen molar-refractivity contribution < 1.29 is 9.26 Å². The lowest BCUT2D eigenvalue weighted by molar-refractivity contribution is 0.374. The quantitative estimate of drug-likeness (QED) is 0.238. The molecule has 26 heavy (non-hydrogen) atoms. The molecule has 0 atom stereocenters. The van der Waals surface area contributed by atoms with Gasteiger partial charge in [-0.25, -0.2) is 0 Å². The molecule has 0 saturated carbocycles. The Bertz CT molecular complexity index is 658. The Balaban J connectivity index is 0.00000338. The molecule has 144 valence electrons. The van der Waals surface area contributed by atoms with Crippen LogP contribution in [0, 0.1) is 0 Å². The number of benzene rings is 1. The molecule has 0 fully saturated rings. The second-order valence-corrected chi connectivity index (χ2v) is 5.74. The van der Waals surface area contributed by atoms with Gasteiger partial charge >= 0.3 is 0 Å². The molecule has 2 rings (SSSR count). The summed E-state index contributed by atoms with van der Waals surface area (Å²) < 4.78 is 10.5. The summed E-state index contributed by atoms with van der Waals surface area (Å²) in [5, 5.41) is 7.15. The molecule has 1 aromatic heterocycles. The highest BCUT2D eigenvalue weighted by molar-refractivity contribution is 14.0. The van der Waals surface area contributed by atoms with Crippen molar-refractivity contribution in [2.75, 3.05) is 20.2 Å². The number of nitrogens with one attached hydrogen (secondary N) is 1. The first-order valence-electron chi connectivity index (χ1n) is 8.73. The summed E-state index contributed by atoms with van der Waals surface area (Å²) in [5.41, 5.74) is 6.66. The molecule has 0 radical (unpaired) electrons. The Hall–Kier alpha value is -1.84. The lowest BCUT2D eigenvalue weighted by Crippen LogP contribution is -2.32. The highest BCUT2D eigenvalue weighted by atomic mass is 127. The molecule has 0 spiro atoms. The van der Waals surface area contributed by atoms with E-state index in [9.17, 15) is 0 Å². The summed E-state index contributed by atoms with van der Waals surface area (Å²) in [4.78, 5) is 8.64. The third kappa shape index (κ3) is 7.59. The smallest absolute Gasteiger partial charge is 0.226 e. The number of hydrogen-bond donors (Lipinski definition) is 2. The zero-order valence-electron chi connectivity index (χ0n) is 15.4. The van der Waals surface area contributed by atoms with E-state index in [2.05, 4.69) is 27.4 Å². The molecule has 0 saturated heterocycles. The van der Waals surface area contributed by atoms with Gasteiger partial charge in [0.05, 0.1) is 7.11 Å². The van der Waals surface area contributed by atoms with Gasteiger partial charge in [0.25, 0.3) is 0 Å². The van der Waals surface area contributed by atoms with E-state index in [-0.39, 0.29) is 24.0 Å². The third-order valence-corrected chi connectivity index (χ3v) is 3.70. The number of methoxy groups -OCH3 is 1. The predicted octanol–water partition coefficient (Wildman–Crippen LogP) is 3.39. The van der Waals surface area contributed by atoms with Gasteiger partial charge in [0.1, 0.15) is 5.75 Å². The lowest BCUT2D eigenvalue weighted by atomic mass is 10.2. The maximum Gasteiger partial charge on any atom is 0.226 e. The summed E-state index contributed by atoms with van der Waals surface area (Å²) in [6.45, 7) is 3.68. The van der Waals surface area contributed by atoms with Crippen LogP contribution < -0.4 is 15.8 Å². The summed E-state index contributed by atoms with van der Waals surface area (Å²) in [6, 6.07) is 7.61. The van der Waals surface area contributed by atoms with Gasteiger partial charge in [-0.15, -0.1) is 24.0 Å². The second kappa shape index (κ2) is 12.5. The molecule has 1 aromatic carbocycles. The summed E-state index contributed by atoms with van der Waals surface area (Å²) >= 11 is 0. The number of nitrogens with zero attached hydrogens (tertiary/aromatic N) is 3. The van der Waals surface area contributed by atoms with Crippen LogP contribution >= 0.6 is 24.0 Å². The third-order valence-electron chi connectivity index (χ3n) is 3.70. The highest BCUT2D eigenvalue weighted by Gasteiger charge is 2.08. The van der Waals surface area contributed by atoms with Gasteiger partial charge in [0.15, 0.2) is 5.96 Å². The molecule has 7 nitrogen and oxygen atoms in total. The van der Waals surface area contributed by atoms with Crippen molar-refractivity contribution in [3.8, 4) is 17.1 Å². The minimum atomic E-state index is 0. The maximum absolute atomic E-state index is 5.74. The Kier molecular flexibility index (Phi) is 10.7. The van der Waals surface area contributed by atoms with Crippen LogP contribution in [0.1, 0.15) is 38.5 Å². The van der Waals surface area contributed by atoms with Crippen LogP contribution in [0.3, 0.4) is 0 Å². The predicted molar refractivity (Wildman–Crippen MR) is 114 cm³/mol. The number of ether oxygens (including phenoxy) is 1. The Morgan fingerprint density at radius 1 is 1.23 bits per heavy atom. The van der Waals surface area contributed by atoms with Crippen LogP contribution in [0.15, 0.2) is 33.8 Å². The van der Waals surface area contributed by atoms with Crippen molar-refractivity contribution in [3.63, 3.8) is 0 Å². The van der Waals surface area contributed by atoms with Crippen molar-refractivity contribution in [2.24, 2.45) is 10.7 Å². The van der Waals surface area contributed by atoms with E-state index in [0.29, 0.717) is 17.7 Å². The van der Waals surface area contributed by atoms with E-state index in [0.717, 1.165) is 56.5 Å². The number of aryl methyl sites for hydroxylation is 1. The first kappa shape index (κ1) is 22.2. The standard InChI is InChI=1S/C18H27N5O2.HI/c1-3-12-20-18(19)21-13-6-4-5-7-16-22-17(23-25-16)14-8-10-15(24-2)11-9-14;/h8-11H,3-7,12-13H2,1-2H3,(H3,19,20,21);1H. The number of rotatable bonds is 10. The van der Waals surface area contributed by atoms with E-state index in [4.69, 9.17) is 15.0 Å². The van der Waals surface area contributed by atoms with Crippen molar-refractivity contribution in [1.29, 1.82) is 0 Å². The first-order chi connectivity index (χ1) is 12.2. The van der Waals surface area contributed by atoms with Gasteiger partial charge in [0.2, 0.25) is 11.7 Å². The second-order valence-electron chi connectivity index (χ2n) is 5.74. The van der Waals surface area contributed by atoms with Crippen LogP contribution in [0.5, 0.6) is 5.75 Å². The molecular weight excluding hydrogens is 445 g/mol. The fourth-order valence-electron chi connectivity index (χ4n) is 2.30. The Labute approximate surface area is 171 Å². The molecule has 0 unspecified atom stereocenters. The molecule has 8 heteroatoms.